The fourth-order valence-corrected chi connectivity index (χ4v) is 1.99. The van der Waals surface area contributed by atoms with Crippen LogP contribution in [-0.4, -0.2) is 33.1 Å². The van der Waals surface area contributed by atoms with Crippen molar-refractivity contribution in [3.05, 3.63) is 42.1 Å². The van der Waals surface area contributed by atoms with Crippen LogP contribution in [-0.2, 0) is 0 Å². The fourth-order valence-electron chi connectivity index (χ4n) is 1.99. The predicted octanol–water partition coefficient (Wildman–Crippen LogP) is 2.36. The number of pyridine rings is 1. The smallest absolute Gasteiger partial charge is 0.335 e. The third kappa shape index (κ3) is 2.07. The third-order valence-corrected chi connectivity index (χ3v) is 3.02. The number of carbonyl (C=O) groups is 1. The Morgan fingerprint density at radius 3 is 2.90 bits per heavy atom. The topological polar surface area (TPSA) is 90.9 Å². The molecule has 0 aliphatic rings. The summed E-state index contributed by atoms with van der Waals surface area (Å²) >= 11 is 0. The number of carboxylic acid groups (broad SMARTS) is 1. The molecule has 3 N–H and O–H groups in total. The molecule has 0 fully saturated rings. The summed E-state index contributed by atoms with van der Waals surface area (Å²) in [5.41, 5.74) is 2.54. The van der Waals surface area contributed by atoms with Crippen LogP contribution in [0.3, 0.4) is 0 Å². The molecule has 2 heterocycles. The first-order valence-electron chi connectivity index (χ1n) is 6.04. The van der Waals surface area contributed by atoms with Gasteiger partial charge in [-0.05, 0) is 30.3 Å². The minimum absolute atomic E-state index is 0.223. The molecule has 0 unspecified atom stereocenters. The van der Waals surface area contributed by atoms with E-state index < -0.39 is 5.97 Å². The summed E-state index contributed by atoms with van der Waals surface area (Å²) in [5, 5.41) is 11.9. The van der Waals surface area contributed by atoms with Gasteiger partial charge in [-0.15, -0.1) is 0 Å². The summed E-state index contributed by atoms with van der Waals surface area (Å²) in [6, 6.07) is 8.54. The maximum Gasteiger partial charge on any atom is 0.335 e. The summed E-state index contributed by atoms with van der Waals surface area (Å²) in [6.45, 7) is 0. The maximum atomic E-state index is 11.0. The van der Waals surface area contributed by atoms with E-state index in [0.29, 0.717) is 11.3 Å². The Morgan fingerprint density at radius 2 is 2.15 bits per heavy atom. The molecular weight excluding hydrogens is 256 g/mol. The van der Waals surface area contributed by atoms with Crippen LogP contribution in [0.4, 0.5) is 5.82 Å². The lowest BCUT2D eigenvalue weighted by Crippen LogP contribution is -1.94. The van der Waals surface area contributed by atoms with Gasteiger partial charge in [0.2, 0.25) is 0 Å². The van der Waals surface area contributed by atoms with Gasteiger partial charge in [0.1, 0.15) is 11.6 Å². The second-order valence-corrected chi connectivity index (χ2v) is 4.30. The molecule has 0 saturated carbocycles. The van der Waals surface area contributed by atoms with Crippen molar-refractivity contribution in [2.24, 2.45) is 0 Å². The van der Waals surface area contributed by atoms with Crippen molar-refractivity contribution in [1.82, 2.24) is 15.0 Å². The Labute approximate surface area is 114 Å². The van der Waals surface area contributed by atoms with Gasteiger partial charge in [-0.2, -0.15) is 0 Å². The number of hydrogen-bond acceptors (Lipinski definition) is 4. The van der Waals surface area contributed by atoms with Crippen LogP contribution in [0.1, 0.15) is 10.4 Å². The molecule has 2 aromatic heterocycles. The van der Waals surface area contributed by atoms with Gasteiger partial charge in [-0.3, -0.25) is 0 Å². The van der Waals surface area contributed by atoms with Crippen LogP contribution < -0.4 is 5.32 Å². The lowest BCUT2D eigenvalue weighted by Gasteiger charge is -2.00. The van der Waals surface area contributed by atoms with Gasteiger partial charge >= 0.3 is 5.97 Å². The van der Waals surface area contributed by atoms with Gasteiger partial charge in [0.15, 0.2) is 0 Å². The second-order valence-electron chi connectivity index (χ2n) is 4.30. The summed E-state index contributed by atoms with van der Waals surface area (Å²) < 4.78 is 0. The van der Waals surface area contributed by atoms with Crippen molar-refractivity contribution in [1.29, 1.82) is 0 Å². The molecule has 0 radical (unpaired) electrons. The van der Waals surface area contributed by atoms with Crippen LogP contribution in [0.5, 0.6) is 0 Å². The van der Waals surface area contributed by atoms with Crippen LogP contribution in [0.15, 0.2) is 36.5 Å². The molecular formula is C14H12N4O2. The molecule has 20 heavy (non-hydrogen) atoms. The number of nitrogens with one attached hydrogen (secondary N) is 2. The lowest BCUT2D eigenvalue weighted by atomic mass is 10.2. The molecule has 3 aromatic rings. The van der Waals surface area contributed by atoms with Crippen molar-refractivity contribution in [2.45, 2.75) is 0 Å². The van der Waals surface area contributed by atoms with E-state index >= 15 is 0 Å². The molecule has 0 amide bonds. The summed E-state index contributed by atoms with van der Waals surface area (Å²) in [5.74, 6) is 0.466. The van der Waals surface area contributed by atoms with Crippen molar-refractivity contribution >= 4 is 22.8 Å². The maximum absolute atomic E-state index is 11.0. The molecule has 0 saturated heterocycles. The zero-order valence-electron chi connectivity index (χ0n) is 10.7. The molecule has 0 atom stereocenters. The summed E-state index contributed by atoms with van der Waals surface area (Å²) in [4.78, 5) is 22.7. The Bertz CT molecular complexity index is 795. The number of imidazole rings is 1. The number of anilines is 1. The number of H-pyrrole nitrogens is 1. The molecule has 6 nitrogen and oxygen atoms in total. The van der Waals surface area contributed by atoms with Gasteiger partial charge in [-0.1, -0.05) is 0 Å². The molecule has 0 aliphatic carbocycles. The average molecular weight is 268 g/mol. The van der Waals surface area contributed by atoms with E-state index in [1.807, 2.05) is 12.1 Å². The normalized spacial score (nSPS) is 10.7. The van der Waals surface area contributed by atoms with Gasteiger partial charge in [0, 0.05) is 18.8 Å². The van der Waals surface area contributed by atoms with Crippen LogP contribution in [0.2, 0.25) is 0 Å². The number of carboxylic acids is 1. The van der Waals surface area contributed by atoms with Gasteiger partial charge in [-0.25, -0.2) is 14.8 Å². The largest absolute Gasteiger partial charge is 0.478 e. The first-order valence-corrected chi connectivity index (χ1v) is 6.04. The highest BCUT2D eigenvalue weighted by molar-refractivity contribution is 5.93. The van der Waals surface area contributed by atoms with Crippen molar-refractivity contribution in [3.8, 4) is 11.4 Å². The minimum Gasteiger partial charge on any atom is -0.478 e. The average Bonchev–Trinajstić information content (AvgIpc) is 2.90. The van der Waals surface area contributed by atoms with Crippen molar-refractivity contribution in [3.63, 3.8) is 0 Å². The molecule has 3 rings (SSSR count). The zero-order chi connectivity index (χ0) is 14.1. The number of rotatable bonds is 3. The number of nitrogens with zero attached hydrogens (tertiary/aromatic N) is 2. The van der Waals surface area contributed by atoms with Crippen LogP contribution in [0, 0.1) is 0 Å². The Morgan fingerprint density at radius 1 is 1.30 bits per heavy atom. The Hall–Kier alpha value is -2.89. The molecule has 0 spiro atoms. The van der Waals surface area contributed by atoms with Crippen LogP contribution >= 0.6 is 0 Å². The number of fused-ring (bicyclic) bond motifs is 1. The molecule has 1 aromatic carbocycles. The molecule has 0 bridgehead atoms. The minimum atomic E-state index is -0.960. The highest BCUT2D eigenvalue weighted by Crippen LogP contribution is 2.22. The summed E-state index contributed by atoms with van der Waals surface area (Å²) in [7, 11) is 1.80. The SMILES string of the molecule is CNc1cc(-c2nc3cc(C(=O)O)ccc3[nH]2)ccn1. The first kappa shape index (κ1) is 12.2. The molecule has 100 valence electrons. The van der Waals surface area contributed by atoms with Gasteiger partial charge in [0.05, 0.1) is 16.6 Å². The monoisotopic (exact) mass is 268 g/mol. The highest BCUT2D eigenvalue weighted by Gasteiger charge is 2.09. The number of aromatic carboxylic acids is 1. The Balaban J connectivity index is 2.10. The number of aromatic nitrogens is 3. The second kappa shape index (κ2) is 4.65. The fraction of sp³-hybridized carbons (Fsp3) is 0.0714. The van der Waals surface area contributed by atoms with E-state index in [2.05, 4.69) is 20.3 Å². The lowest BCUT2D eigenvalue weighted by molar-refractivity contribution is 0.0697. The Kier molecular flexibility index (Phi) is 2.83. The first-order chi connectivity index (χ1) is 9.67. The number of hydrogen-bond donors (Lipinski definition) is 3. The standard InChI is InChI=1S/C14H12N4O2/c1-15-12-7-8(4-5-16-12)13-17-10-3-2-9(14(19)20)6-11(10)18-13/h2-7H,1H3,(H,15,16)(H,17,18)(H,19,20). The molecule has 6 heteroatoms. The predicted molar refractivity (Wildman–Crippen MR) is 75.8 cm³/mol. The van der Waals surface area contributed by atoms with Crippen molar-refractivity contribution < 1.29 is 9.90 Å². The van der Waals surface area contributed by atoms with Crippen LogP contribution in [0.25, 0.3) is 22.4 Å². The van der Waals surface area contributed by atoms with E-state index in [1.54, 1.807) is 31.4 Å². The van der Waals surface area contributed by atoms with E-state index in [4.69, 9.17) is 5.11 Å². The van der Waals surface area contributed by atoms with E-state index in [9.17, 15) is 4.79 Å². The molecule has 0 aliphatic heterocycles. The number of benzene rings is 1. The van der Waals surface area contributed by atoms with Gasteiger partial charge in [0.25, 0.3) is 0 Å². The quantitative estimate of drug-likeness (QED) is 0.678. The van der Waals surface area contributed by atoms with E-state index in [1.165, 1.54) is 0 Å². The van der Waals surface area contributed by atoms with Gasteiger partial charge < -0.3 is 15.4 Å². The van der Waals surface area contributed by atoms with E-state index in [0.717, 1.165) is 16.9 Å². The van der Waals surface area contributed by atoms with Crippen molar-refractivity contribution in [2.75, 3.05) is 12.4 Å². The van der Waals surface area contributed by atoms with E-state index in [-0.39, 0.29) is 5.56 Å². The highest BCUT2D eigenvalue weighted by atomic mass is 16.4. The summed E-state index contributed by atoms with van der Waals surface area (Å²) in [6.07, 6.45) is 1.69. The number of aromatic amines is 1. The third-order valence-electron chi connectivity index (χ3n) is 3.02. The zero-order valence-corrected chi connectivity index (χ0v) is 10.7.